The largest absolute Gasteiger partial charge is 0.351 e. The molecule has 0 radical (unpaired) electrons. The fourth-order valence-corrected chi connectivity index (χ4v) is 2.59. The quantitative estimate of drug-likeness (QED) is 0.838. The molecular formula is C13H18BrCl2N3O. The van der Waals surface area contributed by atoms with Crippen molar-refractivity contribution >= 4 is 45.8 Å². The number of nitrogens with zero attached hydrogens (tertiary/aromatic N) is 1. The molecule has 1 aliphatic rings. The zero-order chi connectivity index (χ0) is 13.7. The molecule has 1 aromatic carbocycles. The van der Waals surface area contributed by atoms with Gasteiger partial charge in [0.1, 0.15) is 0 Å². The summed E-state index contributed by atoms with van der Waals surface area (Å²) >= 11 is 9.36. The van der Waals surface area contributed by atoms with E-state index in [1.165, 1.54) is 0 Å². The SMILES string of the molecule is Cl.O=C(NCCN1CCNCC1)c1cc(Br)ccc1Cl. The second kappa shape index (κ2) is 8.85. The van der Waals surface area contributed by atoms with Crippen LogP contribution in [0, 0.1) is 0 Å². The molecule has 1 aromatic rings. The van der Waals surface area contributed by atoms with Crippen molar-refractivity contribution in [2.24, 2.45) is 0 Å². The molecule has 0 spiro atoms. The van der Waals surface area contributed by atoms with Gasteiger partial charge in [0.25, 0.3) is 5.91 Å². The molecule has 1 amide bonds. The minimum absolute atomic E-state index is 0. The van der Waals surface area contributed by atoms with Crippen LogP contribution in [0.25, 0.3) is 0 Å². The third-order valence-electron chi connectivity index (χ3n) is 3.10. The van der Waals surface area contributed by atoms with Gasteiger partial charge >= 0.3 is 0 Å². The average molecular weight is 383 g/mol. The summed E-state index contributed by atoms with van der Waals surface area (Å²) in [5.41, 5.74) is 0.511. The number of carbonyl (C=O) groups is 1. The molecule has 0 bridgehead atoms. The Morgan fingerprint density at radius 1 is 1.40 bits per heavy atom. The monoisotopic (exact) mass is 381 g/mol. The van der Waals surface area contributed by atoms with Crippen molar-refractivity contribution in [1.82, 2.24) is 15.5 Å². The van der Waals surface area contributed by atoms with Gasteiger partial charge in [0.15, 0.2) is 0 Å². The number of amides is 1. The zero-order valence-electron chi connectivity index (χ0n) is 11.0. The van der Waals surface area contributed by atoms with Crippen LogP contribution in [0.4, 0.5) is 0 Å². The minimum Gasteiger partial charge on any atom is -0.351 e. The van der Waals surface area contributed by atoms with Crippen molar-refractivity contribution in [3.8, 4) is 0 Å². The number of hydrogen-bond donors (Lipinski definition) is 2. The van der Waals surface area contributed by atoms with Crippen molar-refractivity contribution in [2.45, 2.75) is 0 Å². The van der Waals surface area contributed by atoms with Gasteiger partial charge in [0, 0.05) is 43.7 Å². The lowest BCUT2D eigenvalue weighted by Gasteiger charge is -2.27. The number of carbonyl (C=O) groups excluding carboxylic acids is 1. The van der Waals surface area contributed by atoms with E-state index in [9.17, 15) is 4.79 Å². The highest BCUT2D eigenvalue weighted by Gasteiger charge is 2.12. The van der Waals surface area contributed by atoms with Crippen molar-refractivity contribution in [3.63, 3.8) is 0 Å². The number of nitrogens with one attached hydrogen (secondary N) is 2. The Kier molecular flexibility index (Phi) is 7.84. The standard InChI is InChI=1S/C13H17BrClN3O.ClH/c14-10-1-2-12(15)11(9-10)13(19)17-5-8-18-6-3-16-4-7-18;/h1-2,9,16H,3-8H2,(H,17,19);1H. The Morgan fingerprint density at radius 3 is 2.80 bits per heavy atom. The van der Waals surface area contributed by atoms with Gasteiger partial charge in [0.05, 0.1) is 10.6 Å². The summed E-state index contributed by atoms with van der Waals surface area (Å²) in [5, 5.41) is 6.68. The van der Waals surface area contributed by atoms with E-state index in [-0.39, 0.29) is 18.3 Å². The smallest absolute Gasteiger partial charge is 0.252 e. The predicted molar refractivity (Wildman–Crippen MR) is 88.0 cm³/mol. The van der Waals surface area contributed by atoms with Gasteiger partial charge in [-0.05, 0) is 18.2 Å². The highest BCUT2D eigenvalue weighted by molar-refractivity contribution is 9.10. The number of halogens is 3. The first-order chi connectivity index (χ1) is 9.16. The number of piperazine rings is 1. The van der Waals surface area contributed by atoms with E-state index in [1.54, 1.807) is 12.1 Å². The van der Waals surface area contributed by atoms with E-state index < -0.39 is 0 Å². The summed E-state index contributed by atoms with van der Waals surface area (Å²) in [6.07, 6.45) is 0. The Morgan fingerprint density at radius 2 is 2.10 bits per heavy atom. The topological polar surface area (TPSA) is 44.4 Å². The molecule has 1 aliphatic heterocycles. The number of rotatable bonds is 4. The first kappa shape index (κ1) is 17.7. The predicted octanol–water partition coefficient (Wildman–Crippen LogP) is 2.16. The molecule has 1 fully saturated rings. The van der Waals surface area contributed by atoms with E-state index >= 15 is 0 Å². The van der Waals surface area contributed by atoms with E-state index in [0.29, 0.717) is 17.1 Å². The summed E-state index contributed by atoms with van der Waals surface area (Å²) < 4.78 is 0.851. The average Bonchev–Trinajstić information content (AvgIpc) is 2.42. The first-order valence-electron chi connectivity index (χ1n) is 6.33. The number of hydrogen-bond acceptors (Lipinski definition) is 3. The van der Waals surface area contributed by atoms with E-state index in [2.05, 4.69) is 31.5 Å². The molecule has 2 N–H and O–H groups in total. The molecule has 1 heterocycles. The first-order valence-corrected chi connectivity index (χ1v) is 7.50. The normalized spacial score (nSPS) is 15.5. The lowest BCUT2D eigenvalue weighted by molar-refractivity contribution is 0.0947. The second-order valence-electron chi connectivity index (χ2n) is 4.47. The summed E-state index contributed by atoms with van der Waals surface area (Å²) in [5.74, 6) is -0.124. The van der Waals surface area contributed by atoms with Crippen LogP contribution in [-0.4, -0.2) is 50.1 Å². The maximum atomic E-state index is 12.0. The summed E-state index contributed by atoms with van der Waals surface area (Å²) in [6.45, 7) is 5.62. The van der Waals surface area contributed by atoms with Crippen molar-refractivity contribution in [3.05, 3.63) is 33.3 Å². The van der Waals surface area contributed by atoms with Crippen LogP contribution in [-0.2, 0) is 0 Å². The zero-order valence-corrected chi connectivity index (χ0v) is 14.2. The van der Waals surface area contributed by atoms with E-state index in [1.807, 2.05) is 6.07 Å². The van der Waals surface area contributed by atoms with Crippen LogP contribution in [0.1, 0.15) is 10.4 Å². The van der Waals surface area contributed by atoms with Crippen LogP contribution in [0.3, 0.4) is 0 Å². The maximum absolute atomic E-state index is 12.0. The molecule has 1 saturated heterocycles. The molecule has 20 heavy (non-hydrogen) atoms. The van der Waals surface area contributed by atoms with Crippen LogP contribution in [0.5, 0.6) is 0 Å². The van der Waals surface area contributed by atoms with Gasteiger partial charge in [-0.1, -0.05) is 27.5 Å². The highest BCUT2D eigenvalue weighted by Crippen LogP contribution is 2.20. The molecule has 0 unspecified atom stereocenters. The highest BCUT2D eigenvalue weighted by atomic mass is 79.9. The fourth-order valence-electron chi connectivity index (χ4n) is 2.03. The molecule has 0 atom stereocenters. The molecule has 112 valence electrons. The molecule has 4 nitrogen and oxygen atoms in total. The second-order valence-corrected chi connectivity index (χ2v) is 5.79. The molecule has 2 rings (SSSR count). The Balaban J connectivity index is 0.00000200. The Bertz CT molecular complexity index is 453. The van der Waals surface area contributed by atoms with Gasteiger partial charge in [-0.15, -0.1) is 12.4 Å². The maximum Gasteiger partial charge on any atom is 0.252 e. The van der Waals surface area contributed by atoms with Crippen LogP contribution >= 0.6 is 39.9 Å². The van der Waals surface area contributed by atoms with Gasteiger partial charge in [-0.3, -0.25) is 9.69 Å². The van der Waals surface area contributed by atoms with Gasteiger partial charge in [-0.2, -0.15) is 0 Å². The van der Waals surface area contributed by atoms with E-state index in [4.69, 9.17) is 11.6 Å². The Labute approximate surface area is 138 Å². The molecular weight excluding hydrogens is 365 g/mol. The molecule has 0 aliphatic carbocycles. The summed E-state index contributed by atoms with van der Waals surface area (Å²) in [4.78, 5) is 14.3. The summed E-state index contributed by atoms with van der Waals surface area (Å²) in [7, 11) is 0. The lowest BCUT2D eigenvalue weighted by Crippen LogP contribution is -2.46. The summed E-state index contributed by atoms with van der Waals surface area (Å²) in [6, 6.07) is 5.28. The van der Waals surface area contributed by atoms with Gasteiger partial charge in [0.2, 0.25) is 0 Å². The Hall–Kier alpha value is -0.330. The van der Waals surface area contributed by atoms with Crippen LogP contribution in [0.2, 0.25) is 5.02 Å². The lowest BCUT2D eigenvalue weighted by atomic mass is 10.2. The van der Waals surface area contributed by atoms with Crippen molar-refractivity contribution in [2.75, 3.05) is 39.3 Å². The van der Waals surface area contributed by atoms with Gasteiger partial charge in [-0.25, -0.2) is 0 Å². The molecule has 0 saturated carbocycles. The fraction of sp³-hybridized carbons (Fsp3) is 0.462. The minimum atomic E-state index is -0.124. The molecule has 0 aromatic heterocycles. The van der Waals surface area contributed by atoms with Crippen molar-refractivity contribution in [1.29, 1.82) is 0 Å². The van der Waals surface area contributed by atoms with Crippen LogP contribution in [0.15, 0.2) is 22.7 Å². The molecule has 7 heteroatoms. The van der Waals surface area contributed by atoms with Gasteiger partial charge < -0.3 is 10.6 Å². The van der Waals surface area contributed by atoms with Crippen molar-refractivity contribution < 1.29 is 4.79 Å². The third-order valence-corrected chi connectivity index (χ3v) is 3.92. The number of benzene rings is 1. The van der Waals surface area contributed by atoms with Crippen LogP contribution < -0.4 is 10.6 Å². The third kappa shape index (κ3) is 5.22. The van der Waals surface area contributed by atoms with E-state index in [0.717, 1.165) is 37.2 Å².